The number of hydrogen-bond donors (Lipinski definition) is 1. The monoisotopic (exact) mass is 361 g/mol. The summed E-state index contributed by atoms with van der Waals surface area (Å²) >= 11 is 2.99. The number of ketones is 1. The molecule has 1 aliphatic carbocycles. The van der Waals surface area contributed by atoms with Gasteiger partial charge >= 0.3 is 0 Å². The Morgan fingerprint density at radius 2 is 2.17 bits per heavy atom. The number of rotatable bonds is 7. The number of nitrogens with one attached hydrogen (secondary N) is 1. The normalized spacial score (nSPS) is 13.8. The van der Waals surface area contributed by atoms with Crippen LogP contribution in [0, 0.1) is 0 Å². The van der Waals surface area contributed by atoms with Gasteiger partial charge in [-0.2, -0.15) is 0 Å². The van der Waals surface area contributed by atoms with Gasteiger partial charge in [-0.15, -0.1) is 11.8 Å². The number of nitrogens with zero attached hydrogens (tertiary/aromatic N) is 2. The molecule has 0 bridgehead atoms. The molecule has 1 fully saturated rings. The number of benzene rings is 1. The molecule has 1 aliphatic rings. The first-order valence-electron chi connectivity index (χ1n) is 7.73. The lowest BCUT2D eigenvalue weighted by Gasteiger charge is -2.10. The third-order valence-electron chi connectivity index (χ3n) is 3.74. The second-order valence-electron chi connectivity index (χ2n) is 5.66. The maximum Gasteiger partial charge on any atom is 0.221 e. The highest BCUT2D eigenvalue weighted by atomic mass is 32.2. The van der Waals surface area contributed by atoms with Gasteiger partial charge in [0, 0.05) is 35.8 Å². The average molecular weight is 361 g/mol. The minimum Gasteiger partial charge on any atom is -0.325 e. The number of Topliss-reactive ketones (excluding diaryl/α,β-unsaturated/α-hetero) is 1. The zero-order valence-corrected chi connectivity index (χ0v) is 15.2. The van der Waals surface area contributed by atoms with Gasteiger partial charge in [0.1, 0.15) is 0 Å². The molecule has 1 heterocycles. The lowest BCUT2D eigenvalue weighted by Crippen LogP contribution is -2.08. The highest BCUT2D eigenvalue weighted by Crippen LogP contribution is 2.37. The summed E-state index contributed by atoms with van der Waals surface area (Å²) in [5.41, 5.74) is 1.40. The molecule has 0 aliphatic heterocycles. The lowest BCUT2D eigenvalue weighted by atomic mass is 10.1. The smallest absolute Gasteiger partial charge is 0.221 e. The molecule has 1 N–H and O–H groups in total. The van der Waals surface area contributed by atoms with E-state index in [0.717, 1.165) is 15.7 Å². The molecule has 5 nitrogen and oxygen atoms in total. The van der Waals surface area contributed by atoms with Crippen LogP contribution in [0.3, 0.4) is 0 Å². The number of imidazole rings is 1. The van der Waals surface area contributed by atoms with Crippen LogP contribution in [0.15, 0.2) is 40.6 Å². The van der Waals surface area contributed by atoms with Crippen molar-refractivity contribution in [1.29, 1.82) is 0 Å². The van der Waals surface area contributed by atoms with Crippen molar-refractivity contribution in [2.24, 2.45) is 0 Å². The summed E-state index contributed by atoms with van der Waals surface area (Å²) in [7, 11) is 0. The van der Waals surface area contributed by atoms with Gasteiger partial charge in [-0.25, -0.2) is 4.98 Å². The molecule has 0 radical (unpaired) electrons. The maximum atomic E-state index is 12.5. The van der Waals surface area contributed by atoms with Crippen molar-refractivity contribution in [2.75, 3.05) is 17.3 Å². The summed E-state index contributed by atoms with van der Waals surface area (Å²) in [5, 5.41) is 3.69. The van der Waals surface area contributed by atoms with Crippen LogP contribution in [0.25, 0.3) is 0 Å². The van der Waals surface area contributed by atoms with Crippen LogP contribution >= 0.6 is 23.5 Å². The van der Waals surface area contributed by atoms with Crippen LogP contribution in [-0.2, 0) is 4.79 Å². The molecular weight excluding hydrogens is 342 g/mol. The van der Waals surface area contributed by atoms with E-state index in [0.29, 0.717) is 17.4 Å². The minimum absolute atomic E-state index is 0.0648. The van der Waals surface area contributed by atoms with Crippen molar-refractivity contribution >= 4 is 40.9 Å². The van der Waals surface area contributed by atoms with E-state index in [1.54, 1.807) is 18.3 Å². The van der Waals surface area contributed by atoms with Gasteiger partial charge in [-0.3, -0.25) is 9.59 Å². The molecule has 1 saturated carbocycles. The molecule has 0 atom stereocenters. The van der Waals surface area contributed by atoms with Gasteiger partial charge < -0.3 is 9.88 Å². The van der Waals surface area contributed by atoms with Crippen molar-refractivity contribution < 1.29 is 9.59 Å². The fourth-order valence-electron chi connectivity index (χ4n) is 2.41. The Balaban J connectivity index is 1.68. The van der Waals surface area contributed by atoms with E-state index in [-0.39, 0.29) is 11.7 Å². The van der Waals surface area contributed by atoms with Crippen LogP contribution in [0.4, 0.5) is 5.69 Å². The van der Waals surface area contributed by atoms with E-state index < -0.39 is 0 Å². The number of amides is 1. The van der Waals surface area contributed by atoms with Crippen LogP contribution in [0.5, 0.6) is 0 Å². The Kier molecular flexibility index (Phi) is 5.30. The van der Waals surface area contributed by atoms with Gasteiger partial charge in [0.05, 0.1) is 11.4 Å². The predicted molar refractivity (Wildman–Crippen MR) is 98.1 cm³/mol. The van der Waals surface area contributed by atoms with Gasteiger partial charge in [0.15, 0.2) is 10.9 Å². The lowest BCUT2D eigenvalue weighted by molar-refractivity contribution is -0.114. The standard InChI is InChI=1S/C17H19N3O2S2/c1-11(21)19-14-6-3-12(9-16(14)23-2)15(22)10-24-17-18-7-8-20(17)13-4-5-13/h3,6-9,13H,4-5,10H2,1-2H3,(H,19,21). The quantitative estimate of drug-likeness (QED) is 0.599. The van der Waals surface area contributed by atoms with Crippen LogP contribution in [0.2, 0.25) is 0 Å². The maximum absolute atomic E-state index is 12.5. The fraction of sp³-hybridized carbons (Fsp3) is 0.353. The molecule has 0 spiro atoms. The largest absolute Gasteiger partial charge is 0.325 e. The minimum atomic E-state index is -0.119. The average Bonchev–Trinajstić information content (AvgIpc) is 3.30. The molecule has 126 valence electrons. The van der Waals surface area contributed by atoms with E-state index in [1.165, 1.54) is 43.3 Å². The summed E-state index contributed by atoms with van der Waals surface area (Å²) in [6.07, 6.45) is 8.09. The third-order valence-corrected chi connectivity index (χ3v) is 5.50. The second kappa shape index (κ2) is 7.44. The van der Waals surface area contributed by atoms with Gasteiger partial charge in [0.25, 0.3) is 0 Å². The Morgan fingerprint density at radius 1 is 1.38 bits per heavy atom. The number of aromatic nitrogens is 2. The van der Waals surface area contributed by atoms with Crippen molar-refractivity contribution in [1.82, 2.24) is 9.55 Å². The van der Waals surface area contributed by atoms with Gasteiger partial charge in [0.2, 0.25) is 5.91 Å². The highest BCUT2D eigenvalue weighted by molar-refractivity contribution is 7.99. The number of hydrogen-bond acceptors (Lipinski definition) is 5. The molecule has 1 aromatic heterocycles. The van der Waals surface area contributed by atoms with Crippen molar-refractivity contribution in [3.63, 3.8) is 0 Å². The second-order valence-corrected chi connectivity index (χ2v) is 7.45. The van der Waals surface area contributed by atoms with Crippen LogP contribution in [-0.4, -0.2) is 33.3 Å². The number of carbonyl (C=O) groups excluding carboxylic acids is 2. The summed E-state index contributed by atoms with van der Waals surface area (Å²) in [6, 6.07) is 5.95. The molecular formula is C17H19N3O2S2. The summed E-state index contributed by atoms with van der Waals surface area (Å²) < 4.78 is 2.16. The number of carbonyl (C=O) groups is 2. The molecule has 24 heavy (non-hydrogen) atoms. The zero-order valence-electron chi connectivity index (χ0n) is 13.6. The van der Waals surface area contributed by atoms with Gasteiger partial charge in [-0.05, 0) is 37.3 Å². The Morgan fingerprint density at radius 3 is 2.83 bits per heavy atom. The molecule has 2 aromatic rings. The Hall–Kier alpha value is -1.73. The molecule has 0 saturated heterocycles. The Bertz CT molecular complexity index is 769. The van der Waals surface area contributed by atoms with E-state index in [2.05, 4.69) is 14.9 Å². The van der Waals surface area contributed by atoms with E-state index in [9.17, 15) is 9.59 Å². The zero-order chi connectivity index (χ0) is 17.1. The molecule has 1 amide bonds. The topological polar surface area (TPSA) is 64.0 Å². The first-order chi connectivity index (χ1) is 11.6. The van der Waals surface area contributed by atoms with E-state index in [4.69, 9.17) is 0 Å². The van der Waals surface area contributed by atoms with Crippen molar-refractivity contribution in [3.05, 3.63) is 36.2 Å². The predicted octanol–water partition coefficient (Wildman–Crippen LogP) is 3.87. The number of anilines is 1. The van der Waals surface area contributed by atoms with Crippen molar-refractivity contribution in [2.45, 2.75) is 35.9 Å². The molecule has 1 aromatic carbocycles. The highest BCUT2D eigenvalue weighted by Gasteiger charge is 2.25. The molecule has 7 heteroatoms. The van der Waals surface area contributed by atoms with E-state index >= 15 is 0 Å². The fourth-order valence-corrected chi connectivity index (χ4v) is 3.92. The van der Waals surface area contributed by atoms with Gasteiger partial charge in [-0.1, -0.05) is 11.8 Å². The molecule has 0 unspecified atom stereocenters. The van der Waals surface area contributed by atoms with Crippen LogP contribution < -0.4 is 5.32 Å². The first kappa shape index (κ1) is 17.1. The summed E-state index contributed by atoms with van der Waals surface area (Å²) in [5.74, 6) is 0.304. The third kappa shape index (κ3) is 4.02. The number of thioether (sulfide) groups is 2. The Labute approximate surface area is 149 Å². The SMILES string of the molecule is CSc1cc(C(=O)CSc2nccn2C2CC2)ccc1NC(C)=O. The summed E-state index contributed by atoms with van der Waals surface area (Å²) in [4.78, 5) is 28.9. The summed E-state index contributed by atoms with van der Waals surface area (Å²) in [6.45, 7) is 1.47. The van der Waals surface area contributed by atoms with Crippen LogP contribution in [0.1, 0.15) is 36.2 Å². The van der Waals surface area contributed by atoms with E-state index in [1.807, 2.05) is 18.5 Å². The first-order valence-corrected chi connectivity index (χ1v) is 9.94. The molecule has 3 rings (SSSR count). The van der Waals surface area contributed by atoms with Crippen molar-refractivity contribution in [3.8, 4) is 0 Å².